The molecule has 0 aliphatic heterocycles. The number of esters is 1. The molecule has 0 bridgehead atoms. The summed E-state index contributed by atoms with van der Waals surface area (Å²) in [6.07, 6.45) is -17.7. The van der Waals surface area contributed by atoms with Crippen LogP contribution in [-0.2, 0) is 9.53 Å². The Labute approximate surface area is 120 Å². The maximum atomic E-state index is 12.3. The van der Waals surface area contributed by atoms with E-state index in [9.17, 15) is 36.2 Å². The third kappa shape index (κ3) is 4.48. The molecule has 122 valence electrons. The monoisotopic (exact) mass is 328 g/mol. The minimum absolute atomic E-state index is 0.0695. The number of alkyl halides is 6. The van der Waals surface area contributed by atoms with Crippen LogP contribution in [0.5, 0.6) is 0 Å². The van der Waals surface area contributed by atoms with E-state index in [2.05, 4.69) is 11.3 Å². The van der Waals surface area contributed by atoms with Gasteiger partial charge >= 0.3 is 18.3 Å². The fourth-order valence-corrected chi connectivity index (χ4v) is 1.45. The molecule has 0 radical (unpaired) electrons. The van der Waals surface area contributed by atoms with Gasteiger partial charge in [0.2, 0.25) is 0 Å². The summed E-state index contributed by atoms with van der Waals surface area (Å²) >= 11 is 0. The Morgan fingerprint density at radius 2 is 1.50 bits per heavy atom. The Kier molecular flexibility index (Phi) is 5.23. The van der Waals surface area contributed by atoms with Gasteiger partial charge in [-0.15, -0.1) is 0 Å². The van der Waals surface area contributed by atoms with E-state index in [1.807, 2.05) is 0 Å². The number of hydrogen-bond donors (Lipinski definition) is 1. The highest BCUT2D eigenvalue weighted by Gasteiger charge is 2.60. The molecule has 22 heavy (non-hydrogen) atoms. The van der Waals surface area contributed by atoms with Crippen molar-refractivity contribution in [2.24, 2.45) is 0 Å². The van der Waals surface area contributed by atoms with E-state index in [0.717, 1.165) is 0 Å². The zero-order valence-corrected chi connectivity index (χ0v) is 10.8. The molecule has 1 rings (SSSR count). The van der Waals surface area contributed by atoms with Crippen molar-refractivity contribution < 1.29 is 41.0 Å². The molecule has 0 heterocycles. The highest BCUT2D eigenvalue weighted by molar-refractivity contribution is 5.89. The fourth-order valence-electron chi connectivity index (χ4n) is 1.45. The van der Waals surface area contributed by atoms with Crippen molar-refractivity contribution in [3.63, 3.8) is 0 Å². The van der Waals surface area contributed by atoms with Crippen LogP contribution in [0.15, 0.2) is 42.5 Å². The van der Waals surface area contributed by atoms with Crippen LogP contribution < -0.4 is 0 Å². The standard InChI is InChI=1S/C13H10F6O3/c1-7(9(20)8-5-3-2-4-6-8)10(21)22-11(12(14,15)16)13(17,18)19/h2-6,9,11,20H,1H2. The van der Waals surface area contributed by atoms with Gasteiger partial charge in [0.25, 0.3) is 6.10 Å². The summed E-state index contributed by atoms with van der Waals surface area (Å²) in [5.74, 6) is -1.99. The normalized spacial score (nSPS) is 13.8. The molecule has 0 amide bonds. The molecule has 1 N–H and O–H groups in total. The maximum Gasteiger partial charge on any atom is 0.434 e. The van der Waals surface area contributed by atoms with Crippen LogP contribution in [0.4, 0.5) is 26.3 Å². The number of halogens is 6. The average molecular weight is 328 g/mol. The van der Waals surface area contributed by atoms with Gasteiger partial charge in [0.05, 0.1) is 5.57 Å². The van der Waals surface area contributed by atoms with Gasteiger partial charge in [-0.1, -0.05) is 36.9 Å². The highest BCUT2D eigenvalue weighted by Crippen LogP contribution is 2.36. The van der Waals surface area contributed by atoms with Gasteiger partial charge in [0.15, 0.2) is 0 Å². The second-order valence-corrected chi connectivity index (χ2v) is 4.21. The summed E-state index contributed by atoms with van der Waals surface area (Å²) in [6, 6.07) is 7.08. The van der Waals surface area contributed by atoms with E-state index in [1.54, 1.807) is 6.07 Å². The van der Waals surface area contributed by atoms with Crippen LogP contribution in [0.3, 0.4) is 0 Å². The van der Waals surface area contributed by atoms with E-state index < -0.39 is 36.1 Å². The van der Waals surface area contributed by atoms with Crippen molar-refractivity contribution in [1.29, 1.82) is 0 Å². The van der Waals surface area contributed by atoms with Crippen LogP contribution in [0.1, 0.15) is 11.7 Å². The lowest BCUT2D eigenvalue weighted by Gasteiger charge is -2.24. The van der Waals surface area contributed by atoms with E-state index in [1.165, 1.54) is 24.3 Å². The molecule has 0 spiro atoms. The number of aliphatic hydroxyl groups excluding tert-OH is 1. The van der Waals surface area contributed by atoms with Crippen molar-refractivity contribution in [3.05, 3.63) is 48.0 Å². The first-order chi connectivity index (χ1) is 9.94. The first kappa shape index (κ1) is 18.0. The molecule has 1 aromatic carbocycles. The smallest absolute Gasteiger partial charge is 0.434 e. The highest BCUT2D eigenvalue weighted by atomic mass is 19.4. The van der Waals surface area contributed by atoms with Crippen molar-refractivity contribution in [2.75, 3.05) is 0 Å². The van der Waals surface area contributed by atoms with Gasteiger partial charge in [-0.2, -0.15) is 26.3 Å². The lowest BCUT2D eigenvalue weighted by atomic mass is 10.0. The van der Waals surface area contributed by atoms with E-state index >= 15 is 0 Å². The molecule has 0 aliphatic carbocycles. The Hall–Kier alpha value is -2.03. The molecule has 1 atom stereocenters. The van der Waals surface area contributed by atoms with Crippen LogP contribution in [0, 0.1) is 0 Å². The lowest BCUT2D eigenvalue weighted by molar-refractivity contribution is -0.312. The van der Waals surface area contributed by atoms with Crippen molar-refractivity contribution in [1.82, 2.24) is 0 Å². The average Bonchev–Trinajstić information content (AvgIpc) is 2.41. The molecule has 0 fully saturated rings. The number of aliphatic hydroxyl groups is 1. The summed E-state index contributed by atoms with van der Waals surface area (Å²) in [5, 5.41) is 9.72. The van der Waals surface area contributed by atoms with Crippen molar-refractivity contribution in [3.8, 4) is 0 Å². The molecular weight excluding hydrogens is 318 g/mol. The van der Waals surface area contributed by atoms with Gasteiger partial charge in [-0.3, -0.25) is 0 Å². The Morgan fingerprint density at radius 3 is 1.91 bits per heavy atom. The fraction of sp³-hybridized carbons (Fsp3) is 0.308. The van der Waals surface area contributed by atoms with Crippen LogP contribution in [-0.4, -0.2) is 29.5 Å². The predicted octanol–water partition coefficient (Wildman–Crippen LogP) is 3.31. The summed E-state index contributed by atoms with van der Waals surface area (Å²) in [6.45, 7) is 2.99. The molecule has 0 saturated heterocycles. The number of carbonyl (C=O) groups is 1. The Bertz CT molecular complexity index is 521. The van der Waals surface area contributed by atoms with Crippen molar-refractivity contribution >= 4 is 5.97 Å². The topological polar surface area (TPSA) is 46.5 Å². The molecule has 0 aliphatic rings. The largest absolute Gasteiger partial charge is 0.439 e. The lowest BCUT2D eigenvalue weighted by Crippen LogP contribution is -2.45. The minimum Gasteiger partial charge on any atom is -0.439 e. The third-order valence-electron chi connectivity index (χ3n) is 2.53. The Morgan fingerprint density at radius 1 is 1.05 bits per heavy atom. The molecule has 9 heteroatoms. The number of ether oxygens (including phenoxy) is 1. The second kappa shape index (κ2) is 6.39. The summed E-state index contributed by atoms with van der Waals surface area (Å²) in [5.41, 5.74) is -0.871. The number of hydrogen-bond acceptors (Lipinski definition) is 3. The molecule has 1 unspecified atom stereocenters. The maximum absolute atomic E-state index is 12.3. The quantitative estimate of drug-likeness (QED) is 0.524. The van der Waals surface area contributed by atoms with E-state index in [-0.39, 0.29) is 5.56 Å². The second-order valence-electron chi connectivity index (χ2n) is 4.21. The third-order valence-corrected chi connectivity index (χ3v) is 2.53. The first-order valence-corrected chi connectivity index (χ1v) is 5.70. The zero-order valence-electron chi connectivity index (χ0n) is 10.8. The molecule has 3 nitrogen and oxygen atoms in total. The van der Waals surface area contributed by atoms with E-state index in [0.29, 0.717) is 0 Å². The molecule has 0 saturated carbocycles. The molecule has 1 aromatic rings. The van der Waals surface area contributed by atoms with Gasteiger partial charge in [-0.25, -0.2) is 4.79 Å². The van der Waals surface area contributed by atoms with E-state index in [4.69, 9.17) is 0 Å². The van der Waals surface area contributed by atoms with Gasteiger partial charge in [0, 0.05) is 0 Å². The van der Waals surface area contributed by atoms with Gasteiger partial charge in [-0.05, 0) is 5.56 Å². The molecular formula is C13H10F6O3. The number of benzene rings is 1. The van der Waals surface area contributed by atoms with Gasteiger partial charge < -0.3 is 9.84 Å². The summed E-state index contributed by atoms with van der Waals surface area (Å²) in [4.78, 5) is 11.4. The van der Waals surface area contributed by atoms with Crippen LogP contribution in [0.2, 0.25) is 0 Å². The first-order valence-electron chi connectivity index (χ1n) is 5.70. The van der Waals surface area contributed by atoms with Gasteiger partial charge in [0.1, 0.15) is 6.10 Å². The summed E-state index contributed by atoms with van der Waals surface area (Å²) < 4.78 is 77.1. The summed E-state index contributed by atoms with van der Waals surface area (Å²) in [7, 11) is 0. The van der Waals surface area contributed by atoms with Crippen LogP contribution >= 0.6 is 0 Å². The SMILES string of the molecule is C=C(C(=O)OC(C(F)(F)F)C(F)(F)F)C(O)c1ccccc1. The zero-order chi connectivity index (χ0) is 17.1. The molecule has 0 aromatic heterocycles. The van der Waals surface area contributed by atoms with Crippen molar-refractivity contribution in [2.45, 2.75) is 24.6 Å². The predicted molar refractivity (Wildman–Crippen MR) is 62.5 cm³/mol. The number of carbonyl (C=O) groups excluding carboxylic acids is 1. The Balaban J connectivity index is 2.89. The van der Waals surface area contributed by atoms with Crippen LogP contribution in [0.25, 0.3) is 0 Å². The minimum atomic E-state index is -5.83. The number of rotatable bonds is 4.